The molecule has 0 saturated heterocycles. The molecule has 1 heterocycles. The number of aliphatic hydroxyl groups excluding tert-OH is 2. The zero-order valence-electron chi connectivity index (χ0n) is 8.36. The highest BCUT2D eigenvalue weighted by atomic mass is 35.5. The van der Waals surface area contributed by atoms with E-state index in [0.717, 1.165) is 0 Å². The molecule has 1 rings (SSSR count). The van der Waals surface area contributed by atoms with Gasteiger partial charge in [-0.05, 0) is 18.0 Å². The van der Waals surface area contributed by atoms with Gasteiger partial charge in [-0.25, -0.2) is 4.98 Å². The first kappa shape index (κ1) is 12.7. The van der Waals surface area contributed by atoms with Gasteiger partial charge in [0, 0.05) is 23.2 Å². The summed E-state index contributed by atoms with van der Waals surface area (Å²) in [5, 5.41) is 22.9. The molecule has 2 unspecified atom stereocenters. The highest BCUT2D eigenvalue weighted by molar-refractivity contribution is 6.29. The van der Waals surface area contributed by atoms with E-state index in [1.54, 1.807) is 6.07 Å². The topological polar surface area (TPSA) is 102 Å². The summed E-state index contributed by atoms with van der Waals surface area (Å²) in [7, 11) is 0. The van der Waals surface area contributed by atoms with Crippen LogP contribution in [-0.2, 0) is 0 Å². The summed E-state index contributed by atoms with van der Waals surface area (Å²) in [6, 6.07) is 3.11. The second-order valence-corrected chi connectivity index (χ2v) is 3.56. The van der Waals surface area contributed by atoms with Gasteiger partial charge in [0.1, 0.15) is 11.3 Å². The predicted octanol–water partition coefficient (Wildman–Crippen LogP) is 1.83. The maximum Gasteiger partial charge on any atom is 0.129 e. The van der Waals surface area contributed by atoms with Crippen LogP contribution in [0.5, 0.6) is 0 Å². The summed E-state index contributed by atoms with van der Waals surface area (Å²) < 4.78 is 0. The van der Waals surface area contributed by atoms with E-state index in [1.807, 2.05) is 0 Å². The minimum absolute atomic E-state index is 0.135. The molecule has 1 aromatic heterocycles. The maximum absolute atomic E-state index is 9.71. The predicted molar refractivity (Wildman–Crippen MR) is 58.8 cm³/mol. The number of halogens is 1. The van der Waals surface area contributed by atoms with Crippen molar-refractivity contribution in [3.8, 4) is 0 Å². The van der Waals surface area contributed by atoms with Gasteiger partial charge >= 0.3 is 0 Å². The summed E-state index contributed by atoms with van der Waals surface area (Å²) >= 11 is 5.59. The van der Waals surface area contributed by atoms with E-state index in [9.17, 15) is 10.2 Å². The van der Waals surface area contributed by atoms with Gasteiger partial charge in [-0.2, -0.15) is 0 Å². The number of pyridine rings is 1. The molecule has 7 heteroatoms. The molecule has 1 aromatic rings. The van der Waals surface area contributed by atoms with E-state index in [-0.39, 0.29) is 13.0 Å². The molecule has 0 aliphatic heterocycles. The molecule has 0 fully saturated rings. The molecule has 6 nitrogen and oxygen atoms in total. The fourth-order valence-electron chi connectivity index (χ4n) is 1.18. The largest absolute Gasteiger partial charge is 0.390 e. The van der Waals surface area contributed by atoms with Gasteiger partial charge in [-0.3, -0.25) is 0 Å². The summed E-state index contributed by atoms with van der Waals surface area (Å²) in [4.78, 5) is 6.35. The van der Waals surface area contributed by atoms with Crippen molar-refractivity contribution < 1.29 is 10.2 Å². The van der Waals surface area contributed by atoms with Gasteiger partial charge in [0.2, 0.25) is 0 Å². The van der Waals surface area contributed by atoms with Gasteiger partial charge in [-0.15, -0.1) is 0 Å². The Labute approximate surface area is 97.1 Å². The van der Waals surface area contributed by atoms with Crippen molar-refractivity contribution in [2.75, 3.05) is 6.54 Å². The summed E-state index contributed by atoms with van der Waals surface area (Å²) in [6.07, 6.45) is -0.468. The summed E-state index contributed by atoms with van der Waals surface area (Å²) in [6.45, 7) is 0.135. The van der Waals surface area contributed by atoms with Crippen molar-refractivity contribution in [2.45, 2.75) is 18.6 Å². The van der Waals surface area contributed by atoms with Gasteiger partial charge in [-0.1, -0.05) is 22.8 Å². The summed E-state index contributed by atoms with van der Waals surface area (Å²) in [5.41, 5.74) is 8.53. The zero-order chi connectivity index (χ0) is 12.0. The quantitative estimate of drug-likeness (QED) is 0.356. The first-order valence-electron chi connectivity index (χ1n) is 4.63. The van der Waals surface area contributed by atoms with Crippen LogP contribution in [0, 0.1) is 0 Å². The van der Waals surface area contributed by atoms with Crippen LogP contribution in [-0.4, -0.2) is 27.8 Å². The standard InChI is InChI=1S/C9H11ClN4O2/c10-8-2-1-6(5-12-8)9(16)7(15)3-4-13-14-11/h1-2,5,7,9,15-16H,3-4H2. The number of hydrogen-bond donors (Lipinski definition) is 2. The van der Waals surface area contributed by atoms with E-state index in [0.29, 0.717) is 10.7 Å². The number of azide groups is 1. The van der Waals surface area contributed by atoms with Gasteiger partial charge in [0.15, 0.2) is 0 Å². The number of aliphatic hydroxyl groups is 2. The second kappa shape index (κ2) is 6.30. The molecule has 2 N–H and O–H groups in total. The van der Waals surface area contributed by atoms with Crippen LogP contribution in [0.1, 0.15) is 18.1 Å². The first-order valence-corrected chi connectivity index (χ1v) is 5.01. The zero-order valence-corrected chi connectivity index (χ0v) is 9.12. The fourth-order valence-corrected chi connectivity index (χ4v) is 1.29. The lowest BCUT2D eigenvalue weighted by atomic mass is 10.0. The number of aromatic nitrogens is 1. The lowest BCUT2D eigenvalue weighted by molar-refractivity contribution is 0.0148. The van der Waals surface area contributed by atoms with Crippen molar-refractivity contribution in [1.82, 2.24) is 4.98 Å². The lowest BCUT2D eigenvalue weighted by Crippen LogP contribution is -2.19. The molecule has 0 aliphatic carbocycles. The van der Waals surface area contributed by atoms with Gasteiger partial charge < -0.3 is 10.2 Å². The number of rotatable bonds is 5. The Morgan fingerprint density at radius 1 is 1.50 bits per heavy atom. The molecule has 0 bridgehead atoms. The Bertz CT molecular complexity index is 378. The van der Waals surface area contributed by atoms with Crippen molar-refractivity contribution in [3.05, 3.63) is 39.5 Å². The Balaban J connectivity index is 2.58. The number of hydrogen-bond acceptors (Lipinski definition) is 4. The van der Waals surface area contributed by atoms with E-state index in [4.69, 9.17) is 17.1 Å². The van der Waals surface area contributed by atoms with Gasteiger partial charge in [0.25, 0.3) is 0 Å². The minimum Gasteiger partial charge on any atom is -0.390 e. The second-order valence-electron chi connectivity index (χ2n) is 3.17. The average Bonchev–Trinajstić information content (AvgIpc) is 2.29. The monoisotopic (exact) mass is 242 g/mol. The van der Waals surface area contributed by atoms with Crippen molar-refractivity contribution >= 4 is 11.6 Å². The minimum atomic E-state index is -1.06. The molecular formula is C9H11ClN4O2. The third-order valence-corrected chi connectivity index (χ3v) is 2.27. The van der Waals surface area contributed by atoms with Crippen LogP contribution in [0.3, 0.4) is 0 Å². The van der Waals surface area contributed by atoms with Crippen molar-refractivity contribution in [1.29, 1.82) is 0 Å². The average molecular weight is 243 g/mol. The van der Waals surface area contributed by atoms with E-state index >= 15 is 0 Å². The molecular weight excluding hydrogens is 232 g/mol. The van der Waals surface area contributed by atoms with Crippen LogP contribution in [0.2, 0.25) is 5.15 Å². The summed E-state index contributed by atoms with van der Waals surface area (Å²) in [5.74, 6) is 0. The SMILES string of the molecule is [N-]=[N+]=NCCC(O)C(O)c1ccc(Cl)nc1. The van der Waals surface area contributed by atoms with E-state index in [1.165, 1.54) is 12.3 Å². The van der Waals surface area contributed by atoms with Crippen LogP contribution >= 0.6 is 11.6 Å². The molecule has 0 radical (unpaired) electrons. The normalized spacial score (nSPS) is 13.9. The molecule has 16 heavy (non-hydrogen) atoms. The Morgan fingerprint density at radius 2 is 2.25 bits per heavy atom. The first-order chi connectivity index (χ1) is 7.65. The highest BCUT2D eigenvalue weighted by Gasteiger charge is 2.17. The molecule has 86 valence electrons. The van der Waals surface area contributed by atoms with Crippen LogP contribution < -0.4 is 0 Å². The molecule has 0 spiro atoms. The highest BCUT2D eigenvalue weighted by Crippen LogP contribution is 2.19. The molecule has 0 amide bonds. The molecule has 2 atom stereocenters. The van der Waals surface area contributed by atoms with Crippen LogP contribution in [0.15, 0.2) is 23.4 Å². The Morgan fingerprint density at radius 3 is 2.81 bits per heavy atom. The van der Waals surface area contributed by atoms with Crippen LogP contribution in [0.4, 0.5) is 0 Å². The third-order valence-electron chi connectivity index (χ3n) is 2.04. The Hall–Kier alpha value is -1.33. The fraction of sp³-hybridized carbons (Fsp3) is 0.444. The molecule has 0 saturated carbocycles. The van der Waals surface area contributed by atoms with Gasteiger partial charge in [0.05, 0.1) is 6.10 Å². The lowest BCUT2D eigenvalue weighted by Gasteiger charge is -2.16. The third kappa shape index (κ3) is 3.67. The Kier molecular flexibility index (Phi) is 5.01. The molecule has 0 aliphatic rings. The van der Waals surface area contributed by atoms with Crippen molar-refractivity contribution in [2.24, 2.45) is 5.11 Å². The van der Waals surface area contributed by atoms with Crippen LogP contribution in [0.25, 0.3) is 10.4 Å². The van der Waals surface area contributed by atoms with Crippen molar-refractivity contribution in [3.63, 3.8) is 0 Å². The maximum atomic E-state index is 9.71. The van der Waals surface area contributed by atoms with E-state index in [2.05, 4.69) is 15.0 Å². The van der Waals surface area contributed by atoms with E-state index < -0.39 is 12.2 Å². The smallest absolute Gasteiger partial charge is 0.129 e. The molecule has 0 aromatic carbocycles. The number of nitrogens with zero attached hydrogens (tertiary/aromatic N) is 4.